The summed E-state index contributed by atoms with van der Waals surface area (Å²) in [6, 6.07) is 15.6. The van der Waals surface area contributed by atoms with Crippen LogP contribution in [0, 0.1) is 6.92 Å². The van der Waals surface area contributed by atoms with Crippen LogP contribution in [0.15, 0.2) is 54.7 Å². The molecule has 1 aromatic heterocycles. The third kappa shape index (κ3) is 3.55. The van der Waals surface area contributed by atoms with Crippen LogP contribution in [0.3, 0.4) is 0 Å². The number of carbonyl (C=O) groups excluding carboxylic acids is 1. The van der Waals surface area contributed by atoms with Gasteiger partial charge in [-0.3, -0.25) is 4.79 Å². The van der Waals surface area contributed by atoms with Crippen LogP contribution in [0.4, 0.5) is 0 Å². The summed E-state index contributed by atoms with van der Waals surface area (Å²) in [5.41, 5.74) is 3.34. The molecule has 2 aliphatic rings. The van der Waals surface area contributed by atoms with Crippen LogP contribution in [0.25, 0.3) is 5.69 Å². The van der Waals surface area contributed by atoms with Crippen molar-refractivity contribution < 1.29 is 14.3 Å². The molecule has 2 aromatic carbocycles. The minimum atomic E-state index is -0.456. The molecular weight excluding hydrogens is 424 g/mol. The summed E-state index contributed by atoms with van der Waals surface area (Å²) in [7, 11) is 0. The van der Waals surface area contributed by atoms with Gasteiger partial charge in [0.2, 0.25) is 0 Å². The summed E-state index contributed by atoms with van der Waals surface area (Å²) in [5, 5.41) is 0.655. The van der Waals surface area contributed by atoms with Crippen LogP contribution >= 0.6 is 11.6 Å². The number of benzene rings is 2. The van der Waals surface area contributed by atoms with Gasteiger partial charge < -0.3 is 18.9 Å². The monoisotopic (exact) mass is 450 g/mol. The lowest BCUT2D eigenvalue weighted by atomic mass is 9.86. The topological polar surface area (TPSA) is 43.7 Å². The third-order valence-corrected chi connectivity index (χ3v) is 6.58. The molecule has 0 unspecified atom stereocenters. The summed E-state index contributed by atoms with van der Waals surface area (Å²) in [6.45, 7) is 7.23. The number of halogens is 1. The average Bonchev–Trinajstić information content (AvgIpc) is 3.26. The molecule has 0 radical (unpaired) electrons. The molecule has 0 bridgehead atoms. The molecule has 2 aliphatic heterocycles. The first kappa shape index (κ1) is 21.0. The SMILES string of the molecule is Cc1cc(C(=O)N2CCC3(CC2)Oc2cc(Cl)ccc2-n2cccc23)ccc1OC(C)C. The Morgan fingerprint density at radius 1 is 1.12 bits per heavy atom. The predicted molar refractivity (Wildman–Crippen MR) is 125 cm³/mol. The second kappa shape index (κ2) is 7.89. The Morgan fingerprint density at radius 3 is 2.62 bits per heavy atom. The molecule has 1 saturated heterocycles. The summed E-state index contributed by atoms with van der Waals surface area (Å²) in [6.07, 6.45) is 3.61. The van der Waals surface area contributed by atoms with Gasteiger partial charge >= 0.3 is 0 Å². The number of piperidine rings is 1. The highest BCUT2D eigenvalue weighted by Crippen LogP contribution is 2.45. The van der Waals surface area contributed by atoms with Crippen LogP contribution in [0.2, 0.25) is 5.02 Å². The summed E-state index contributed by atoms with van der Waals surface area (Å²) in [5.74, 6) is 1.66. The second-order valence-electron chi connectivity index (χ2n) is 8.91. The Labute approximate surface area is 193 Å². The summed E-state index contributed by atoms with van der Waals surface area (Å²) >= 11 is 6.24. The molecule has 166 valence electrons. The maximum Gasteiger partial charge on any atom is 0.253 e. The lowest BCUT2D eigenvalue weighted by molar-refractivity contribution is -0.00930. The lowest BCUT2D eigenvalue weighted by Crippen LogP contribution is -2.50. The van der Waals surface area contributed by atoms with Gasteiger partial charge in [0.1, 0.15) is 11.5 Å². The Balaban J connectivity index is 1.35. The van der Waals surface area contributed by atoms with E-state index in [2.05, 4.69) is 16.8 Å². The highest BCUT2D eigenvalue weighted by atomic mass is 35.5. The fraction of sp³-hybridized carbons (Fsp3) is 0.346. The Kier molecular flexibility index (Phi) is 5.17. The number of aryl methyl sites for hydroxylation is 1. The van der Waals surface area contributed by atoms with Crippen molar-refractivity contribution in [2.75, 3.05) is 13.1 Å². The van der Waals surface area contributed by atoms with E-state index in [-0.39, 0.29) is 12.0 Å². The Bertz CT molecular complexity index is 1180. The van der Waals surface area contributed by atoms with Crippen molar-refractivity contribution >= 4 is 17.5 Å². The smallest absolute Gasteiger partial charge is 0.253 e. The molecule has 32 heavy (non-hydrogen) atoms. The molecule has 0 aliphatic carbocycles. The van der Waals surface area contributed by atoms with Crippen molar-refractivity contribution in [3.05, 3.63) is 76.6 Å². The van der Waals surface area contributed by atoms with E-state index in [9.17, 15) is 4.79 Å². The van der Waals surface area contributed by atoms with Gasteiger partial charge in [-0.15, -0.1) is 0 Å². The van der Waals surface area contributed by atoms with Crippen molar-refractivity contribution in [2.24, 2.45) is 0 Å². The second-order valence-corrected chi connectivity index (χ2v) is 9.35. The number of fused-ring (bicyclic) bond motifs is 4. The Hall–Kier alpha value is -2.92. The molecule has 1 spiro atoms. The maximum atomic E-state index is 13.2. The first-order valence-electron chi connectivity index (χ1n) is 11.1. The van der Waals surface area contributed by atoms with Gasteiger partial charge in [0.25, 0.3) is 5.91 Å². The molecule has 0 atom stereocenters. The number of hydrogen-bond acceptors (Lipinski definition) is 3. The van der Waals surface area contributed by atoms with E-state index in [4.69, 9.17) is 21.1 Å². The molecule has 1 fully saturated rings. The van der Waals surface area contributed by atoms with E-state index in [0.29, 0.717) is 23.7 Å². The van der Waals surface area contributed by atoms with Crippen molar-refractivity contribution in [3.8, 4) is 17.2 Å². The molecule has 0 N–H and O–H groups in total. The van der Waals surface area contributed by atoms with E-state index in [1.165, 1.54) is 0 Å². The zero-order valence-corrected chi connectivity index (χ0v) is 19.4. The Morgan fingerprint density at radius 2 is 1.91 bits per heavy atom. The van der Waals surface area contributed by atoms with Crippen LogP contribution < -0.4 is 9.47 Å². The third-order valence-electron chi connectivity index (χ3n) is 6.35. The summed E-state index contributed by atoms with van der Waals surface area (Å²) < 4.78 is 14.6. The fourth-order valence-electron chi connectivity index (χ4n) is 4.77. The van der Waals surface area contributed by atoms with E-state index < -0.39 is 5.60 Å². The van der Waals surface area contributed by atoms with Crippen LogP contribution in [-0.2, 0) is 5.60 Å². The molecule has 0 saturated carbocycles. The number of hydrogen-bond donors (Lipinski definition) is 0. The van der Waals surface area contributed by atoms with Gasteiger partial charge in [0.15, 0.2) is 5.60 Å². The standard InChI is InChI=1S/C26H27ClN2O3/c1-17(2)31-22-9-6-19(15-18(22)3)25(30)28-13-10-26(11-14-28)24-5-4-12-29(24)21-8-7-20(27)16-23(21)32-26/h4-9,12,15-17H,10-11,13-14H2,1-3H3. The van der Waals surface area contributed by atoms with Crippen molar-refractivity contribution in [1.29, 1.82) is 0 Å². The van der Waals surface area contributed by atoms with Gasteiger partial charge in [-0.1, -0.05) is 11.6 Å². The number of aromatic nitrogens is 1. The quantitative estimate of drug-likeness (QED) is 0.510. The van der Waals surface area contributed by atoms with Gasteiger partial charge in [0.05, 0.1) is 17.5 Å². The largest absolute Gasteiger partial charge is 0.491 e. The van der Waals surface area contributed by atoms with E-state index in [1.54, 1.807) is 0 Å². The van der Waals surface area contributed by atoms with Crippen molar-refractivity contribution in [1.82, 2.24) is 9.47 Å². The van der Waals surface area contributed by atoms with Crippen LogP contribution in [0.1, 0.15) is 48.3 Å². The molecule has 5 nitrogen and oxygen atoms in total. The highest BCUT2D eigenvalue weighted by Gasteiger charge is 2.44. The number of amides is 1. The van der Waals surface area contributed by atoms with E-state index in [1.807, 2.05) is 68.1 Å². The minimum Gasteiger partial charge on any atom is -0.491 e. The predicted octanol–water partition coefficient (Wildman–Crippen LogP) is 5.75. The van der Waals surface area contributed by atoms with Crippen molar-refractivity contribution in [2.45, 2.75) is 45.3 Å². The molecule has 5 rings (SSSR count). The first-order chi connectivity index (χ1) is 15.4. The highest BCUT2D eigenvalue weighted by molar-refractivity contribution is 6.30. The maximum absolute atomic E-state index is 13.2. The van der Waals surface area contributed by atoms with Gasteiger partial charge in [-0.25, -0.2) is 0 Å². The fourth-order valence-corrected chi connectivity index (χ4v) is 4.94. The van der Waals surface area contributed by atoms with Crippen LogP contribution in [-0.4, -0.2) is 34.6 Å². The van der Waals surface area contributed by atoms with Crippen LogP contribution in [0.5, 0.6) is 11.5 Å². The normalized spacial score (nSPS) is 16.5. The van der Waals surface area contributed by atoms with Crippen molar-refractivity contribution in [3.63, 3.8) is 0 Å². The molecular formula is C26H27ClN2O3. The number of ether oxygens (including phenoxy) is 2. The van der Waals surface area contributed by atoms with E-state index in [0.717, 1.165) is 41.3 Å². The number of carbonyl (C=O) groups is 1. The van der Waals surface area contributed by atoms with Gasteiger partial charge in [-0.2, -0.15) is 0 Å². The molecule has 3 heterocycles. The van der Waals surface area contributed by atoms with Gasteiger partial charge in [0, 0.05) is 48.8 Å². The van der Waals surface area contributed by atoms with Gasteiger partial charge in [-0.05, 0) is 68.8 Å². The van der Waals surface area contributed by atoms with E-state index >= 15 is 0 Å². The number of nitrogens with zero attached hydrogens (tertiary/aromatic N) is 2. The first-order valence-corrected chi connectivity index (χ1v) is 11.5. The lowest BCUT2D eigenvalue weighted by Gasteiger charge is -2.45. The number of likely N-dealkylation sites (tertiary alicyclic amines) is 1. The molecule has 1 amide bonds. The molecule has 6 heteroatoms. The zero-order valence-electron chi connectivity index (χ0n) is 18.6. The zero-order chi connectivity index (χ0) is 22.5. The summed E-state index contributed by atoms with van der Waals surface area (Å²) in [4.78, 5) is 15.1. The molecule has 3 aromatic rings. The average molecular weight is 451 g/mol. The number of rotatable bonds is 3. The minimum absolute atomic E-state index is 0.0497.